The number of hydrogen-bond acceptors (Lipinski definition) is 6. The van der Waals surface area contributed by atoms with Gasteiger partial charge in [0.1, 0.15) is 23.8 Å². The minimum Gasteiger partial charge on any atom is -0.490 e. The van der Waals surface area contributed by atoms with Gasteiger partial charge >= 0.3 is 6.09 Å². The van der Waals surface area contributed by atoms with Crippen LogP contribution < -0.4 is 15.8 Å². The Labute approximate surface area is 152 Å². The maximum absolute atomic E-state index is 12.0. The van der Waals surface area contributed by atoms with Crippen molar-refractivity contribution in [3.63, 3.8) is 0 Å². The monoisotopic (exact) mass is 381 g/mol. The number of alkyl carbamates (subject to hydrolysis) is 1. The fraction of sp³-hybridized carbons (Fsp3) is 0.529. The fourth-order valence-electron chi connectivity index (χ4n) is 2.72. The van der Waals surface area contributed by atoms with Crippen molar-refractivity contribution in [2.45, 2.75) is 50.5 Å². The summed E-state index contributed by atoms with van der Waals surface area (Å²) < 4.78 is 38.2. The van der Waals surface area contributed by atoms with Crippen LogP contribution in [-0.2, 0) is 20.5 Å². The number of fused-ring (bicyclic) bond motifs is 1. The molecule has 1 saturated carbocycles. The highest BCUT2D eigenvalue weighted by Gasteiger charge is 2.46. The van der Waals surface area contributed by atoms with Crippen molar-refractivity contribution >= 4 is 22.0 Å². The van der Waals surface area contributed by atoms with Crippen LogP contribution in [0.4, 0.5) is 4.79 Å². The van der Waals surface area contributed by atoms with Crippen LogP contribution in [-0.4, -0.2) is 38.1 Å². The average Bonchev–Trinajstić information content (AvgIpc) is 3.21. The quantitative estimate of drug-likeness (QED) is 0.818. The number of sulfonamides is 1. The second-order valence-electron chi connectivity index (χ2n) is 7.69. The van der Waals surface area contributed by atoms with E-state index in [0.717, 1.165) is 12.8 Å². The number of amides is 1. The molecule has 3 N–H and O–H groups in total. The van der Waals surface area contributed by atoms with E-state index in [4.69, 9.17) is 15.2 Å². The molecule has 1 aromatic carbocycles. The van der Waals surface area contributed by atoms with Crippen LogP contribution in [0, 0.1) is 0 Å². The molecule has 1 aliphatic heterocycles. The molecule has 142 valence electrons. The van der Waals surface area contributed by atoms with E-state index in [2.05, 4.69) is 9.71 Å². The normalized spacial score (nSPS) is 19.7. The maximum atomic E-state index is 12.0. The van der Waals surface area contributed by atoms with Crippen molar-refractivity contribution in [2.24, 2.45) is 10.1 Å². The van der Waals surface area contributed by atoms with E-state index >= 15 is 0 Å². The molecule has 0 bridgehead atoms. The summed E-state index contributed by atoms with van der Waals surface area (Å²) in [5.41, 5.74) is 5.83. The molecule has 8 nitrogen and oxygen atoms in total. The Balaban J connectivity index is 1.71. The zero-order valence-corrected chi connectivity index (χ0v) is 15.9. The summed E-state index contributed by atoms with van der Waals surface area (Å²) in [6, 6.07) is 5.11. The van der Waals surface area contributed by atoms with E-state index < -0.39 is 27.3 Å². The smallest absolute Gasteiger partial charge is 0.408 e. The van der Waals surface area contributed by atoms with Crippen LogP contribution in [0.3, 0.4) is 0 Å². The van der Waals surface area contributed by atoms with E-state index in [-0.39, 0.29) is 18.2 Å². The molecule has 0 aromatic heterocycles. The van der Waals surface area contributed by atoms with Gasteiger partial charge in [0.25, 0.3) is 10.0 Å². The van der Waals surface area contributed by atoms with Gasteiger partial charge in [-0.15, -0.1) is 4.40 Å². The molecule has 0 radical (unpaired) electrons. The van der Waals surface area contributed by atoms with Crippen molar-refractivity contribution in [1.29, 1.82) is 0 Å². The summed E-state index contributed by atoms with van der Waals surface area (Å²) in [5, 5.41) is 2.86. The van der Waals surface area contributed by atoms with Crippen molar-refractivity contribution in [1.82, 2.24) is 5.32 Å². The topological polar surface area (TPSA) is 120 Å². The van der Waals surface area contributed by atoms with Crippen LogP contribution >= 0.6 is 0 Å². The number of carbonyl (C=O) groups excluding carboxylic acids is 1. The summed E-state index contributed by atoms with van der Waals surface area (Å²) >= 11 is 0. The Morgan fingerprint density at radius 3 is 2.65 bits per heavy atom. The fourth-order valence-corrected chi connectivity index (χ4v) is 3.81. The Morgan fingerprint density at radius 2 is 2.04 bits per heavy atom. The molecule has 0 spiro atoms. The van der Waals surface area contributed by atoms with Crippen molar-refractivity contribution in [3.05, 3.63) is 29.3 Å². The number of nitrogens with two attached hydrogens (primary N) is 1. The van der Waals surface area contributed by atoms with E-state index in [1.54, 1.807) is 39.0 Å². The number of ether oxygens (including phenoxy) is 2. The molecular weight excluding hydrogens is 358 g/mol. The molecule has 0 atom stereocenters. The summed E-state index contributed by atoms with van der Waals surface area (Å²) in [4.78, 5) is 12.0. The van der Waals surface area contributed by atoms with Gasteiger partial charge in [-0.05, 0) is 45.2 Å². The van der Waals surface area contributed by atoms with E-state index in [1.165, 1.54) is 0 Å². The Morgan fingerprint density at radius 1 is 1.35 bits per heavy atom. The first-order chi connectivity index (χ1) is 12.0. The van der Waals surface area contributed by atoms with E-state index in [1.807, 2.05) is 0 Å². The van der Waals surface area contributed by atoms with Crippen LogP contribution in [0.15, 0.2) is 22.6 Å². The van der Waals surface area contributed by atoms with Gasteiger partial charge in [0.05, 0.1) is 16.9 Å². The standard InChI is InChI=1S/C17H23N3O5S/c1-16(2,3)25-15(21)19-17(7-8-17)10-24-12-6-4-5-11-9-26(22,23)20-14(18)13(11)12/h4-6H,7-10H2,1-3H3,(H2,18,20)(H,19,21). The highest BCUT2D eigenvalue weighted by molar-refractivity contribution is 7.89. The van der Waals surface area contributed by atoms with Gasteiger partial charge in [-0.2, -0.15) is 0 Å². The highest BCUT2D eigenvalue weighted by atomic mass is 32.2. The predicted molar refractivity (Wildman–Crippen MR) is 96.6 cm³/mol. The number of nitrogens with one attached hydrogen (secondary N) is 1. The molecule has 1 amide bonds. The number of nitrogens with zero attached hydrogens (tertiary/aromatic N) is 1. The molecule has 1 fully saturated rings. The third-order valence-corrected chi connectivity index (χ3v) is 5.22. The molecule has 0 unspecified atom stereocenters. The van der Waals surface area contributed by atoms with Crippen molar-refractivity contribution in [2.75, 3.05) is 6.61 Å². The lowest BCUT2D eigenvalue weighted by Gasteiger charge is -2.24. The Bertz CT molecular complexity index is 867. The molecule has 3 rings (SSSR count). The molecule has 2 aliphatic rings. The summed E-state index contributed by atoms with van der Waals surface area (Å²) in [6.45, 7) is 5.64. The molecular formula is C17H23N3O5S. The average molecular weight is 381 g/mol. The first-order valence-electron chi connectivity index (χ1n) is 8.33. The first kappa shape index (κ1) is 18.5. The zero-order chi connectivity index (χ0) is 19.2. The second-order valence-corrected chi connectivity index (χ2v) is 9.32. The minimum atomic E-state index is -3.59. The van der Waals surface area contributed by atoms with Crippen molar-refractivity contribution in [3.8, 4) is 5.75 Å². The Kier molecular flexibility index (Phi) is 4.38. The minimum absolute atomic E-state index is 0.0770. The van der Waals surface area contributed by atoms with Crippen LogP contribution in [0.5, 0.6) is 5.75 Å². The summed E-state index contributed by atoms with van der Waals surface area (Å²) in [5.74, 6) is 0.171. The summed E-state index contributed by atoms with van der Waals surface area (Å²) in [6.07, 6.45) is 1.07. The SMILES string of the molecule is CC(C)(C)OC(=O)NC1(COc2cccc3c2C(N)=NS(=O)(=O)C3)CC1. The van der Waals surface area contributed by atoms with Gasteiger partial charge in [-0.25, -0.2) is 13.2 Å². The van der Waals surface area contributed by atoms with E-state index in [9.17, 15) is 13.2 Å². The number of carbonyl (C=O) groups is 1. The molecule has 1 aromatic rings. The van der Waals surface area contributed by atoms with Crippen molar-refractivity contribution < 1.29 is 22.7 Å². The summed E-state index contributed by atoms with van der Waals surface area (Å²) in [7, 11) is -3.59. The lowest BCUT2D eigenvalue weighted by molar-refractivity contribution is 0.0477. The molecule has 1 heterocycles. The van der Waals surface area contributed by atoms with Gasteiger partial charge < -0.3 is 20.5 Å². The van der Waals surface area contributed by atoms with Crippen LogP contribution in [0.2, 0.25) is 0 Å². The number of hydrogen-bond donors (Lipinski definition) is 2. The van der Waals surface area contributed by atoms with Crippen LogP contribution in [0.25, 0.3) is 0 Å². The predicted octanol–water partition coefficient (Wildman–Crippen LogP) is 1.67. The van der Waals surface area contributed by atoms with E-state index in [0.29, 0.717) is 16.9 Å². The third kappa shape index (κ3) is 4.27. The molecule has 9 heteroatoms. The van der Waals surface area contributed by atoms with Crippen LogP contribution in [0.1, 0.15) is 44.7 Å². The number of benzene rings is 1. The third-order valence-electron chi connectivity index (χ3n) is 4.07. The highest BCUT2D eigenvalue weighted by Crippen LogP contribution is 2.37. The largest absolute Gasteiger partial charge is 0.490 e. The van der Waals surface area contributed by atoms with Gasteiger partial charge in [-0.3, -0.25) is 0 Å². The molecule has 26 heavy (non-hydrogen) atoms. The lowest BCUT2D eigenvalue weighted by atomic mass is 10.1. The van der Waals surface area contributed by atoms with Gasteiger partial charge in [0.15, 0.2) is 0 Å². The van der Waals surface area contributed by atoms with Gasteiger partial charge in [-0.1, -0.05) is 12.1 Å². The lowest BCUT2D eigenvalue weighted by Crippen LogP contribution is -2.44. The second kappa shape index (κ2) is 6.15. The zero-order valence-electron chi connectivity index (χ0n) is 15.0. The molecule has 1 aliphatic carbocycles. The Hall–Kier alpha value is -2.29. The number of amidine groups is 1. The molecule has 0 saturated heterocycles. The number of rotatable bonds is 4. The van der Waals surface area contributed by atoms with Gasteiger partial charge in [0.2, 0.25) is 0 Å². The maximum Gasteiger partial charge on any atom is 0.408 e. The van der Waals surface area contributed by atoms with Gasteiger partial charge in [0, 0.05) is 0 Å². The first-order valence-corrected chi connectivity index (χ1v) is 9.94.